The fourth-order valence-corrected chi connectivity index (χ4v) is 1.75. The molecule has 1 rings (SSSR count). The van der Waals surface area contributed by atoms with E-state index in [2.05, 4.69) is 24.1 Å². The second kappa shape index (κ2) is 6.42. The van der Waals surface area contributed by atoms with E-state index in [0.717, 1.165) is 6.42 Å². The van der Waals surface area contributed by atoms with Crippen molar-refractivity contribution in [2.45, 2.75) is 59.0 Å². The Bertz CT molecular complexity index is 398. The van der Waals surface area contributed by atoms with Crippen molar-refractivity contribution < 1.29 is 0 Å². The van der Waals surface area contributed by atoms with Gasteiger partial charge in [-0.25, -0.2) is 4.98 Å². The topological polar surface area (TPSA) is 46.9 Å². The van der Waals surface area contributed by atoms with Crippen LogP contribution in [-0.2, 0) is 0 Å². The van der Waals surface area contributed by atoms with E-state index in [0.29, 0.717) is 5.82 Å². The first-order chi connectivity index (χ1) is 8.06. The van der Waals surface area contributed by atoms with Crippen molar-refractivity contribution >= 4 is 5.82 Å². The summed E-state index contributed by atoms with van der Waals surface area (Å²) in [7, 11) is 0. The summed E-state index contributed by atoms with van der Waals surface area (Å²) in [5.41, 5.74) is -0.0363. The summed E-state index contributed by atoms with van der Waals surface area (Å²) in [6.07, 6.45) is 6.81. The van der Waals surface area contributed by atoms with Crippen LogP contribution in [0.4, 0.5) is 5.82 Å². The van der Waals surface area contributed by atoms with E-state index in [9.17, 15) is 4.79 Å². The molecule has 0 saturated heterocycles. The van der Waals surface area contributed by atoms with E-state index >= 15 is 0 Å². The van der Waals surface area contributed by atoms with Gasteiger partial charge in [0.05, 0.1) is 0 Å². The lowest BCUT2D eigenvalue weighted by atomic mass is 10.1. The van der Waals surface area contributed by atoms with Gasteiger partial charge in [0.25, 0.3) is 5.56 Å². The van der Waals surface area contributed by atoms with Gasteiger partial charge in [-0.3, -0.25) is 4.79 Å². The van der Waals surface area contributed by atoms with Crippen LogP contribution in [0.5, 0.6) is 0 Å². The second-order valence-electron chi connectivity index (χ2n) is 4.77. The minimum atomic E-state index is -0.0363. The lowest BCUT2D eigenvalue weighted by Gasteiger charge is -2.15. The van der Waals surface area contributed by atoms with Crippen molar-refractivity contribution in [1.29, 1.82) is 0 Å². The Morgan fingerprint density at radius 3 is 2.71 bits per heavy atom. The molecule has 0 radical (unpaired) electrons. The minimum Gasteiger partial charge on any atom is -0.363 e. The molecule has 0 saturated carbocycles. The zero-order valence-corrected chi connectivity index (χ0v) is 11.2. The highest BCUT2D eigenvalue weighted by molar-refractivity contribution is 5.32. The van der Waals surface area contributed by atoms with Crippen LogP contribution < -0.4 is 10.9 Å². The molecule has 1 unspecified atom stereocenters. The molecule has 0 aliphatic rings. The predicted octanol–water partition coefficient (Wildman–Crippen LogP) is 2.81. The monoisotopic (exact) mass is 237 g/mol. The summed E-state index contributed by atoms with van der Waals surface area (Å²) in [5, 5.41) is 3.20. The number of aromatic nitrogens is 2. The molecule has 0 fully saturated rings. The van der Waals surface area contributed by atoms with Gasteiger partial charge in [0.15, 0.2) is 5.82 Å². The summed E-state index contributed by atoms with van der Waals surface area (Å²) >= 11 is 0. The molecular weight excluding hydrogens is 214 g/mol. The molecule has 1 atom stereocenters. The van der Waals surface area contributed by atoms with E-state index in [-0.39, 0.29) is 17.6 Å². The summed E-state index contributed by atoms with van der Waals surface area (Å²) in [6, 6.07) is 0.454. The maximum Gasteiger partial charge on any atom is 0.293 e. The maximum atomic E-state index is 12.1. The Balaban J connectivity index is 2.78. The fraction of sp³-hybridized carbons (Fsp3) is 0.692. The van der Waals surface area contributed by atoms with E-state index in [1.54, 1.807) is 17.0 Å². The summed E-state index contributed by atoms with van der Waals surface area (Å²) in [6.45, 7) is 8.24. The molecule has 0 bridgehead atoms. The molecule has 17 heavy (non-hydrogen) atoms. The zero-order chi connectivity index (χ0) is 12.8. The number of nitrogens with one attached hydrogen (secondary N) is 1. The van der Waals surface area contributed by atoms with E-state index in [4.69, 9.17) is 0 Å². The number of hydrogen-bond acceptors (Lipinski definition) is 3. The average molecular weight is 237 g/mol. The lowest BCUT2D eigenvalue weighted by molar-refractivity contribution is 0.572. The van der Waals surface area contributed by atoms with Crippen LogP contribution in [0.3, 0.4) is 0 Å². The van der Waals surface area contributed by atoms with Crippen molar-refractivity contribution in [3.63, 3.8) is 0 Å². The molecule has 1 N–H and O–H groups in total. The SMILES string of the molecule is CCCCC(C)Nc1nccn(C(C)C)c1=O. The van der Waals surface area contributed by atoms with Crippen molar-refractivity contribution in [3.05, 3.63) is 22.7 Å². The quantitative estimate of drug-likeness (QED) is 0.827. The van der Waals surface area contributed by atoms with Gasteiger partial charge in [-0.2, -0.15) is 0 Å². The van der Waals surface area contributed by atoms with E-state index < -0.39 is 0 Å². The van der Waals surface area contributed by atoms with Crippen molar-refractivity contribution in [3.8, 4) is 0 Å². The third kappa shape index (κ3) is 3.88. The van der Waals surface area contributed by atoms with Gasteiger partial charge < -0.3 is 9.88 Å². The van der Waals surface area contributed by atoms with Gasteiger partial charge in [-0.05, 0) is 27.2 Å². The molecule has 1 heterocycles. The number of nitrogens with zero attached hydrogens (tertiary/aromatic N) is 2. The standard InChI is InChI=1S/C13H23N3O/c1-5-6-7-11(4)15-12-13(17)16(10(2)3)9-8-14-12/h8-11H,5-7H2,1-4H3,(H,14,15). The number of unbranched alkanes of at least 4 members (excludes halogenated alkanes) is 1. The van der Waals surface area contributed by atoms with Crippen molar-refractivity contribution in [1.82, 2.24) is 9.55 Å². The Kier molecular flexibility index (Phi) is 5.19. The first-order valence-corrected chi connectivity index (χ1v) is 6.40. The third-order valence-electron chi connectivity index (χ3n) is 2.80. The molecule has 1 aromatic heterocycles. The molecule has 4 nitrogen and oxygen atoms in total. The Morgan fingerprint density at radius 1 is 1.41 bits per heavy atom. The molecule has 4 heteroatoms. The molecule has 0 spiro atoms. The predicted molar refractivity (Wildman–Crippen MR) is 71.5 cm³/mol. The van der Waals surface area contributed by atoms with E-state index in [1.165, 1.54) is 12.8 Å². The normalized spacial score (nSPS) is 12.8. The Hall–Kier alpha value is -1.32. The Labute approximate surface area is 103 Å². The molecule has 1 aromatic rings. The van der Waals surface area contributed by atoms with Crippen LogP contribution in [-0.4, -0.2) is 15.6 Å². The van der Waals surface area contributed by atoms with Crippen molar-refractivity contribution in [2.24, 2.45) is 0 Å². The van der Waals surface area contributed by atoms with Crippen LogP contribution >= 0.6 is 0 Å². The third-order valence-corrected chi connectivity index (χ3v) is 2.80. The van der Waals surface area contributed by atoms with Crippen LogP contribution in [0.25, 0.3) is 0 Å². The van der Waals surface area contributed by atoms with Gasteiger partial charge in [-0.15, -0.1) is 0 Å². The zero-order valence-electron chi connectivity index (χ0n) is 11.2. The van der Waals surface area contributed by atoms with Crippen LogP contribution in [0.1, 0.15) is 53.0 Å². The molecule has 0 aromatic carbocycles. The number of rotatable bonds is 6. The summed E-state index contributed by atoms with van der Waals surface area (Å²) in [5.74, 6) is 0.463. The van der Waals surface area contributed by atoms with Crippen LogP contribution in [0, 0.1) is 0 Å². The average Bonchev–Trinajstić information content (AvgIpc) is 2.28. The first-order valence-electron chi connectivity index (χ1n) is 6.40. The minimum absolute atomic E-state index is 0.0363. The summed E-state index contributed by atoms with van der Waals surface area (Å²) < 4.78 is 1.70. The molecule has 0 amide bonds. The first kappa shape index (κ1) is 13.7. The smallest absolute Gasteiger partial charge is 0.293 e. The number of anilines is 1. The largest absolute Gasteiger partial charge is 0.363 e. The van der Waals surface area contributed by atoms with Crippen molar-refractivity contribution in [2.75, 3.05) is 5.32 Å². The molecule has 96 valence electrons. The van der Waals surface area contributed by atoms with E-state index in [1.807, 2.05) is 13.8 Å². The second-order valence-corrected chi connectivity index (χ2v) is 4.77. The lowest BCUT2D eigenvalue weighted by Crippen LogP contribution is -2.28. The highest BCUT2D eigenvalue weighted by atomic mass is 16.1. The fourth-order valence-electron chi connectivity index (χ4n) is 1.75. The highest BCUT2D eigenvalue weighted by Gasteiger charge is 2.09. The number of hydrogen-bond donors (Lipinski definition) is 1. The van der Waals surface area contributed by atoms with Gasteiger partial charge in [0.2, 0.25) is 0 Å². The molecular formula is C13H23N3O. The molecule has 0 aliphatic heterocycles. The summed E-state index contributed by atoms with van der Waals surface area (Å²) in [4.78, 5) is 16.2. The molecule has 0 aliphatic carbocycles. The maximum absolute atomic E-state index is 12.1. The Morgan fingerprint density at radius 2 is 2.12 bits per heavy atom. The van der Waals surface area contributed by atoms with Crippen LogP contribution in [0.2, 0.25) is 0 Å². The van der Waals surface area contributed by atoms with Gasteiger partial charge in [0, 0.05) is 24.5 Å². The highest BCUT2D eigenvalue weighted by Crippen LogP contribution is 2.06. The van der Waals surface area contributed by atoms with Gasteiger partial charge >= 0.3 is 0 Å². The van der Waals surface area contributed by atoms with Crippen LogP contribution in [0.15, 0.2) is 17.2 Å². The van der Waals surface area contributed by atoms with Gasteiger partial charge in [0.1, 0.15) is 0 Å². The van der Waals surface area contributed by atoms with Gasteiger partial charge in [-0.1, -0.05) is 19.8 Å².